The fourth-order valence-electron chi connectivity index (χ4n) is 3.42. The Kier molecular flexibility index (Phi) is 6.13. The average molecular weight is 493 g/mol. The smallest absolute Gasteiger partial charge is 0.167 e. The third-order valence-electron chi connectivity index (χ3n) is 4.95. The maximum atomic E-state index is 6.10. The second-order valence-electron chi connectivity index (χ2n) is 7.11. The van der Waals surface area contributed by atoms with Crippen molar-refractivity contribution >= 4 is 22.6 Å². The van der Waals surface area contributed by atoms with E-state index in [4.69, 9.17) is 14.0 Å². The molecule has 0 aliphatic carbocycles. The van der Waals surface area contributed by atoms with Gasteiger partial charge in [-0.15, -0.1) is 0 Å². The van der Waals surface area contributed by atoms with Crippen LogP contribution in [0.5, 0.6) is 0 Å². The van der Waals surface area contributed by atoms with Crippen LogP contribution in [0.2, 0.25) is 0 Å². The standard InChI is InChI=1S/C21H24IN3O3/c1-14-12-23-21(15(2)27-20-5-3-4-10-26-20)25(14)13-18-11-19(28-24-18)16-6-8-17(22)9-7-16/h6-9,11-12,15,20H,3-5,10,13H2,1-2H3. The summed E-state index contributed by atoms with van der Waals surface area (Å²) in [7, 11) is 0. The predicted octanol–water partition coefficient (Wildman–Crippen LogP) is 5.10. The van der Waals surface area contributed by atoms with Gasteiger partial charge in [0.15, 0.2) is 12.1 Å². The summed E-state index contributed by atoms with van der Waals surface area (Å²) in [4.78, 5) is 4.58. The molecule has 2 aromatic heterocycles. The van der Waals surface area contributed by atoms with Crippen molar-refractivity contribution in [3.8, 4) is 11.3 Å². The summed E-state index contributed by atoms with van der Waals surface area (Å²) in [6, 6.07) is 10.2. The van der Waals surface area contributed by atoms with Gasteiger partial charge in [-0.25, -0.2) is 4.98 Å². The molecule has 1 aliphatic rings. The molecule has 0 saturated carbocycles. The minimum atomic E-state index is -0.153. The third-order valence-corrected chi connectivity index (χ3v) is 5.67. The first-order valence-electron chi connectivity index (χ1n) is 9.61. The number of hydrogen-bond acceptors (Lipinski definition) is 5. The summed E-state index contributed by atoms with van der Waals surface area (Å²) in [5.41, 5.74) is 2.94. The van der Waals surface area contributed by atoms with Gasteiger partial charge in [0, 0.05) is 33.7 Å². The molecule has 3 aromatic rings. The SMILES string of the molecule is Cc1cnc(C(C)OC2CCCCO2)n1Cc1cc(-c2ccc(I)cc2)on1. The number of rotatable bonds is 6. The Balaban J connectivity index is 1.49. The summed E-state index contributed by atoms with van der Waals surface area (Å²) in [5.74, 6) is 1.65. The Bertz CT molecular complexity index is 913. The molecule has 4 rings (SSSR count). The van der Waals surface area contributed by atoms with Gasteiger partial charge in [0.25, 0.3) is 0 Å². The highest BCUT2D eigenvalue weighted by Crippen LogP contribution is 2.26. The second kappa shape index (κ2) is 8.75. The monoisotopic (exact) mass is 493 g/mol. The summed E-state index contributed by atoms with van der Waals surface area (Å²) in [6.07, 6.45) is 4.76. The number of ether oxygens (including phenoxy) is 2. The molecule has 2 unspecified atom stereocenters. The number of aromatic nitrogens is 3. The fraction of sp³-hybridized carbons (Fsp3) is 0.429. The van der Waals surface area contributed by atoms with E-state index in [1.165, 1.54) is 3.57 Å². The zero-order valence-electron chi connectivity index (χ0n) is 16.1. The Labute approximate surface area is 178 Å². The minimum absolute atomic E-state index is 0.145. The Morgan fingerprint density at radius 3 is 2.86 bits per heavy atom. The van der Waals surface area contributed by atoms with E-state index in [1.54, 1.807) is 0 Å². The molecule has 6 nitrogen and oxygen atoms in total. The van der Waals surface area contributed by atoms with Gasteiger partial charge >= 0.3 is 0 Å². The fourth-order valence-corrected chi connectivity index (χ4v) is 3.77. The van der Waals surface area contributed by atoms with Crippen LogP contribution in [0.25, 0.3) is 11.3 Å². The van der Waals surface area contributed by atoms with Crippen molar-refractivity contribution in [3.63, 3.8) is 0 Å². The lowest BCUT2D eigenvalue weighted by molar-refractivity contribution is -0.188. The molecular formula is C21H24IN3O3. The van der Waals surface area contributed by atoms with Gasteiger partial charge in [-0.3, -0.25) is 0 Å². The van der Waals surface area contributed by atoms with Crippen LogP contribution < -0.4 is 0 Å². The topological polar surface area (TPSA) is 62.3 Å². The zero-order valence-corrected chi connectivity index (χ0v) is 18.3. The lowest BCUT2D eigenvalue weighted by atomic mass is 10.1. The van der Waals surface area contributed by atoms with Crippen LogP contribution in [0.1, 0.15) is 49.5 Å². The molecule has 0 radical (unpaired) electrons. The first-order valence-corrected chi connectivity index (χ1v) is 10.7. The van der Waals surface area contributed by atoms with Crippen molar-refractivity contribution in [2.24, 2.45) is 0 Å². The Hall–Kier alpha value is -1.71. The highest BCUT2D eigenvalue weighted by molar-refractivity contribution is 14.1. The Morgan fingerprint density at radius 2 is 2.11 bits per heavy atom. The van der Waals surface area contributed by atoms with Gasteiger partial charge in [-0.05, 0) is 67.8 Å². The number of aryl methyl sites for hydroxylation is 1. The van der Waals surface area contributed by atoms with Crippen LogP contribution in [0, 0.1) is 10.5 Å². The summed E-state index contributed by atoms with van der Waals surface area (Å²) in [6.45, 7) is 5.43. The molecule has 0 N–H and O–H groups in total. The van der Waals surface area contributed by atoms with Gasteiger partial charge in [0.1, 0.15) is 17.6 Å². The van der Waals surface area contributed by atoms with Crippen LogP contribution in [0.3, 0.4) is 0 Å². The maximum Gasteiger partial charge on any atom is 0.167 e. The van der Waals surface area contributed by atoms with Crippen LogP contribution in [-0.2, 0) is 16.0 Å². The van der Waals surface area contributed by atoms with Crippen LogP contribution in [0.15, 0.2) is 41.1 Å². The number of nitrogens with zero attached hydrogens (tertiary/aromatic N) is 3. The molecule has 7 heteroatoms. The molecular weight excluding hydrogens is 469 g/mol. The van der Waals surface area contributed by atoms with E-state index in [1.807, 2.05) is 38.2 Å². The first-order chi connectivity index (χ1) is 13.6. The van der Waals surface area contributed by atoms with Crippen molar-refractivity contribution in [2.75, 3.05) is 6.61 Å². The summed E-state index contributed by atoms with van der Waals surface area (Å²) >= 11 is 2.29. The number of imidazole rings is 1. The zero-order chi connectivity index (χ0) is 19.5. The van der Waals surface area contributed by atoms with Gasteiger partial charge in [0.05, 0.1) is 6.54 Å². The summed E-state index contributed by atoms with van der Waals surface area (Å²) < 4.78 is 20.7. The van der Waals surface area contributed by atoms with E-state index in [0.717, 1.165) is 54.4 Å². The number of halogens is 1. The molecule has 0 amide bonds. The summed E-state index contributed by atoms with van der Waals surface area (Å²) in [5, 5.41) is 4.26. The molecule has 2 atom stereocenters. The predicted molar refractivity (Wildman–Crippen MR) is 114 cm³/mol. The molecule has 0 spiro atoms. The van der Waals surface area contributed by atoms with E-state index in [-0.39, 0.29) is 12.4 Å². The van der Waals surface area contributed by atoms with Crippen molar-refractivity contribution < 1.29 is 14.0 Å². The third kappa shape index (κ3) is 4.47. The molecule has 3 heterocycles. The molecule has 1 fully saturated rings. The second-order valence-corrected chi connectivity index (χ2v) is 8.35. The van der Waals surface area contributed by atoms with E-state index >= 15 is 0 Å². The van der Waals surface area contributed by atoms with E-state index in [9.17, 15) is 0 Å². The molecule has 0 bridgehead atoms. The number of benzene rings is 1. The van der Waals surface area contributed by atoms with Crippen molar-refractivity contribution in [2.45, 2.75) is 52.0 Å². The van der Waals surface area contributed by atoms with Crippen LogP contribution in [0.4, 0.5) is 0 Å². The molecule has 28 heavy (non-hydrogen) atoms. The maximum absolute atomic E-state index is 6.10. The highest BCUT2D eigenvalue weighted by atomic mass is 127. The normalized spacial score (nSPS) is 18.3. The molecule has 1 aliphatic heterocycles. The quantitative estimate of drug-likeness (QED) is 0.447. The molecule has 1 saturated heterocycles. The van der Waals surface area contributed by atoms with E-state index < -0.39 is 0 Å². The first kappa shape index (κ1) is 19.6. The van der Waals surface area contributed by atoms with Gasteiger partial charge in [0.2, 0.25) is 0 Å². The van der Waals surface area contributed by atoms with Crippen LogP contribution in [-0.4, -0.2) is 27.6 Å². The van der Waals surface area contributed by atoms with Gasteiger partial charge in [-0.2, -0.15) is 0 Å². The minimum Gasteiger partial charge on any atom is -0.356 e. The largest absolute Gasteiger partial charge is 0.356 e. The van der Waals surface area contributed by atoms with E-state index in [2.05, 4.69) is 49.4 Å². The molecule has 148 valence electrons. The van der Waals surface area contributed by atoms with Crippen molar-refractivity contribution in [3.05, 3.63) is 57.3 Å². The van der Waals surface area contributed by atoms with Crippen molar-refractivity contribution in [1.82, 2.24) is 14.7 Å². The molecule has 1 aromatic carbocycles. The van der Waals surface area contributed by atoms with Gasteiger partial charge in [-0.1, -0.05) is 17.3 Å². The van der Waals surface area contributed by atoms with E-state index in [0.29, 0.717) is 6.54 Å². The van der Waals surface area contributed by atoms with Crippen molar-refractivity contribution in [1.29, 1.82) is 0 Å². The lowest BCUT2D eigenvalue weighted by Crippen LogP contribution is -2.25. The lowest BCUT2D eigenvalue weighted by Gasteiger charge is -2.26. The number of hydrogen-bond donors (Lipinski definition) is 0. The highest BCUT2D eigenvalue weighted by Gasteiger charge is 2.22. The average Bonchev–Trinajstić information content (AvgIpc) is 3.31. The van der Waals surface area contributed by atoms with Crippen LogP contribution >= 0.6 is 22.6 Å². The van der Waals surface area contributed by atoms with Gasteiger partial charge < -0.3 is 18.6 Å². The Morgan fingerprint density at radius 1 is 1.29 bits per heavy atom.